The Bertz CT molecular complexity index is 681. The number of hydrogen-bond acceptors (Lipinski definition) is 6. The van der Waals surface area contributed by atoms with Crippen LogP contribution in [0, 0.1) is 28.6 Å². The van der Waals surface area contributed by atoms with E-state index in [2.05, 4.69) is 13.8 Å². The number of aliphatic hydroxyl groups is 1. The molecule has 4 rings (SSSR count). The fraction of sp³-hybridized carbons (Fsp3) is 0.923. The molecule has 0 amide bonds. The molecule has 6 nitrogen and oxygen atoms in total. The molecule has 4 aliphatic rings. The molecule has 6 heteroatoms. The Kier molecular flexibility index (Phi) is 7.33. The van der Waals surface area contributed by atoms with Crippen LogP contribution in [0.1, 0.15) is 85.0 Å². The van der Waals surface area contributed by atoms with Crippen LogP contribution in [0.3, 0.4) is 0 Å². The van der Waals surface area contributed by atoms with Crippen molar-refractivity contribution in [1.82, 2.24) is 0 Å². The molecule has 1 saturated heterocycles. The van der Waals surface area contributed by atoms with Crippen molar-refractivity contribution in [2.75, 3.05) is 13.2 Å². The monoisotopic (exact) mass is 450 g/mol. The second-order valence-electron chi connectivity index (χ2n) is 11.2. The summed E-state index contributed by atoms with van der Waals surface area (Å²) in [5.41, 5.74) is -0.0118. The standard InChI is InChI=1S/C26H42O6/c1-4-22(29)32-21-16-31-24-23-19(9-11-26(21,24)3)25(2)10-8-18(14-17(25)15-20(23)28)30-13-7-5-6-12-27/h12,17-21,23-24,28H,4-11,13-16H2,1-3H3/t17?,18-,19?,20-,21-,23?,24?,25-,26+/m0/s1. The van der Waals surface area contributed by atoms with Crippen LogP contribution >= 0.6 is 0 Å². The second-order valence-corrected chi connectivity index (χ2v) is 11.2. The van der Waals surface area contributed by atoms with Crippen LogP contribution in [0.4, 0.5) is 0 Å². The van der Waals surface area contributed by atoms with Crippen molar-refractivity contribution in [1.29, 1.82) is 0 Å². The van der Waals surface area contributed by atoms with Crippen molar-refractivity contribution in [2.45, 2.75) is 109 Å². The molecule has 0 aromatic rings. The highest BCUT2D eigenvalue weighted by atomic mass is 16.6. The molecule has 182 valence electrons. The minimum absolute atomic E-state index is 0.0459. The molecule has 3 saturated carbocycles. The van der Waals surface area contributed by atoms with Crippen molar-refractivity contribution >= 4 is 12.3 Å². The molecule has 1 heterocycles. The lowest BCUT2D eigenvalue weighted by atomic mass is 9.45. The summed E-state index contributed by atoms with van der Waals surface area (Å²) in [5.74, 6) is 0.847. The van der Waals surface area contributed by atoms with Gasteiger partial charge >= 0.3 is 5.97 Å². The van der Waals surface area contributed by atoms with Gasteiger partial charge in [-0.15, -0.1) is 0 Å². The van der Waals surface area contributed by atoms with Crippen LogP contribution in [0.5, 0.6) is 0 Å². The number of fused-ring (bicyclic) bond motifs is 5. The van der Waals surface area contributed by atoms with E-state index < -0.39 is 0 Å². The SMILES string of the molecule is CCC(=O)O[C@H]1COC2C3C(CC[C@@]21C)[C@@]1(C)CC[C@H](OCCCCC=O)CC1C[C@@H]3O. The molecule has 9 atom stereocenters. The predicted octanol–water partition coefficient (Wildman–Crippen LogP) is 4.06. The Morgan fingerprint density at radius 3 is 2.69 bits per heavy atom. The molecular formula is C26H42O6. The van der Waals surface area contributed by atoms with Crippen LogP contribution in [0.15, 0.2) is 0 Å². The lowest BCUT2D eigenvalue weighted by Gasteiger charge is -2.61. The number of ether oxygens (including phenoxy) is 3. The van der Waals surface area contributed by atoms with Gasteiger partial charge in [0, 0.05) is 30.8 Å². The minimum Gasteiger partial charge on any atom is -0.459 e. The van der Waals surface area contributed by atoms with Gasteiger partial charge in [0.2, 0.25) is 0 Å². The zero-order valence-electron chi connectivity index (χ0n) is 20.1. The second kappa shape index (κ2) is 9.71. The Balaban J connectivity index is 1.42. The van der Waals surface area contributed by atoms with Crippen LogP contribution in [-0.4, -0.2) is 55.0 Å². The van der Waals surface area contributed by atoms with Crippen molar-refractivity contribution in [3.05, 3.63) is 0 Å². The zero-order chi connectivity index (χ0) is 22.9. The van der Waals surface area contributed by atoms with Gasteiger partial charge in [-0.1, -0.05) is 20.8 Å². The summed E-state index contributed by atoms with van der Waals surface area (Å²) in [6.07, 6.45) is 9.50. The first-order chi connectivity index (χ1) is 15.3. The van der Waals surface area contributed by atoms with Crippen LogP contribution in [0.25, 0.3) is 0 Å². The van der Waals surface area contributed by atoms with Gasteiger partial charge in [-0.25, -0.2) is 0 Å². The quantitative estimate of drug-likeness (QED) is 0.341. The summed E-state index contributed by atoms with van der Waals surface area (Å²) in [6.45, 7) is 7.64. The predicted molar refractivity (Wildman–Crippen MR) is 120 cm³/mol. The number of hydrogen-bond donors (Lipinski definition) is 1. The summed E-state index contributed by atoms with van der Waals surface area (Å²) < 4.78 is 18.2. The third kappa shape index (κ3) is 4.27. The summed E-state index contributed by atoms with van der Waals surface area (Å²) in [6, 6.07) is 0. The molecule has 0 aromatic carbocycles. The Morgan fingerprint density at radius 1 is 1.16 bits per heavy atom. The van der Waals surface area contributed by atoms with E-state index in [1.165, 1.54) is 0 Å². The molecule has 0 bridgehead atoms. The van der Waals surface area contributed by atoms with Gasteiger partial charge in [0.25, 0.3) is 0 Å². The fourth-order valence-electron chi connectivity index (χ4n) is 7.54. The Labute approximate surface area is 192 Å². The van der Waals surface area contributed by atoms with Gasteiger partial charge in [-0.2, -0.15) is 0 Å². The topological polar surface area (TPSA) is 82.1 Å². The van der Waals surface area contributed by atoms with E-state index in [0.717, 1.165) is 64.3 Å². The smallest absolute Gasteiger partial charge is 0.305 e. The van der Waals surface area contributed by atoms with Crippen molar-refractivity contribution in [3.8, 4) is 0 Å². The first kappa shape index (κ1) is 24.2. The van der Waals surface area contributed by atoms with E-state index >= 15 is 0 Å². The highest BCUT2D eigenvalue weighted by molar-refractivity contribution is 5.69. The highest BCUT2D eigenvalue weighted by Gasteiger charge is 2.64. The van der Waals surface area contributed by atoms with Gasteiger partial charge in [0.1, 0.15) is 12.4 Å². The summed E-state index contributed by atoms with van der Waals surface area (Å²) in [7, 11) is 0. The van der Waals surface area contributed by atoms with Gasteiger partial charge in [0.05, 0.1) is 24.9 Å². The molecule has 4 fully saturated rings. The third-order valence-corrected chi connectivity index (χ3v) is 9.56. The maximum atomic E-state index is 12.0. The average molecular weight is 451 g/mol. The summed E-state index contributed by atoms with van der Waals surface area (Å²) in [4.78, 5) is 22.5. The summed E-state index contributed by atoms with van der Waals surface area (Å²) in [5, 5.41) is 11.3. The van der Waals surface area contributed by atoms with Crippen molar-refractivity contribution in [3.63, 3.8) is 0 Å². The molecule has 32 heavy (non-hydrogen) atoms. The van der Waals surface area contributed by atoms with Gasteiger partial charge in [0.15, 0.2) is 0 Å². The number of unbranched alkanes of at least 4 members (excludes halogenated alkanes) is 2. The molecule has 4 unspecified atom stereocenters. The number of aliphatic hydroxyl groups excluding tert-OH is 1. The Morgan fingerprint density at radius 2 is 1.94 bits per heavy atom. The van der Waals surface area contributed by atoms with E-state index in [1.54, 1.807) is 0 Å². The summed E-state index contributed by atoms with van der Waals surface area (Å²) >= 11 is 0. The van der Waals surface area contributed by atoms with Crippen LogP contribution < -0.4 is 0 Å². The first-order valence-corrected chi connectivity index (χ1v) is 12.9. The number of carbonyl (C=O) groups is 2. The minimum atomic E-state index is -0.380. The molecule has 3 aliphatic carbocycles. The molecule has 1 N–H and O–H groups in total. The van der Waals surface area contributed by atoms with Gasteiger partial charge in [-0.3, -0.25) is 4.79 Å². The van der Waals surface area contributed by atoms with E-state index in [1.807, 2.05) is 6.92 Å². The zero-order valence-corrected chi connectivity index (χ0v) is 20.1. The number of aldehydes is 1. The van der Waals surface area contributed by atoms with Crippen LogP contribution in [-0.2, 0) is 23.8 Å². The maximum Gasteiger partial charge on any atom is 0.305 e. The van der Waals surface area contributed by atoms with Gasteiger partial charge in [-0.05, 0) is 68.6 Å². The lowest BCUT2D eigenvalue weighted by molar-refractivity contribution is -0.195. The van der Waals surface area contributed by atoms with Crippen LogP contribution in [0.2, 0.25) is 0 Å². The van der Waals surface area contributed by atoms with Gasteiger partial charge < -0.3 is 24.1 Å². The number of esters is 1. The molecular weight excluding hydrogens is 408 g/mol. The Hall–Kier alpha value is -0.980. The molecule has 0 aromatic heterocycles. The number of carbonyl (C=O) groups excluding carboxylic acids is 2. The maximum absolute atomic E-state index is 12.0. The van der Waals surface area contributed by atoms with E-state index in [4.69, 9.17) is 14.2 Å². The van der Waals surface area contributed by atoms with E-state index in [0.29, 0.717) is 31.3 Å². The first-order valence-electron chi connectivity index (χ1n) is 12.9. The van der Waals surface area contributed by atoms with Crippen molar-refractivity contribution < 1.29 is 28.9 Å². The third-order valence-electron chi connectivity index (χ3n) is 9.56. The largest absolute Gasteiger partial charge is 0.459 e. The molecule has 0 spiro atoms. The van der Waals surface area contributed by atoms with E-state index in [9.17, 15) is 14.7 Å². The normalized spacial score (nSPS) is 45.4. The van der Waals surface area contributed by atoms with Crippen molar-refractivity contribution in [2.24, 2.45) is 28.6 Å². The lowest BCUT2D eigenvalue weighted by Crippen LogP contribution is -2.61. The molecule has 1 aliphatic heterocycles. The van der Waals surface area contributed by atoms with E-state index in [-0.39, 0.29) is 47.1 Å². The number of rotatable bonds is 8. The molecule has 0 radical (unpaired) electrons. The fourth-order valence-corrected chi connectivity index (χ4v) is 7.54. The highest BCUT2D eigenvalue weighted by Crippen LogP contribution is 2.63. The average Bonchev–Trinajstić information content (AvgIpc) is 3.10.